The maximum Gasteiger partial charge on any atom is 0.337 e. The third-order valence-electron chi connectivity index (χ3n) is 2.73. The van der Waals surface area contributed by atoms with Crippen LogP contribution in [0.1, 0.15) is 15.9 Å². The van der Waals surface area contributed by atoms with Gasteiger partial charge in [-0.15, -0.1) is 12.4 Å². The quantitative estimate of drug-likeness (QED) is 0.859. The lowest BCUT2D eigenvalue weighted by Crippen LogP contribution is -2.04. The first-order chi connectivity index (χ1) is 8.27. The Bertz CT molecular complexity index is 652. The van der Waals surface area contributed by atoms with Gasteiger partial charge in [0.05, 0.1) is 11.1 Å². The second-order valence-corrected chi connectivity index (χ2v) is 3.76. The highest BCUT2D eigenvalue weighted by molar-refractivity contribution is 6.04. The first-order valence-corrected chi connectivity index (χ1v) is 5.22. The number of aromatic nitrogens is 1. The first kappa shape index (κ1) is 12.4. The molecule has 3 rings (SSSR count). The first-order valence-electron chi connectivity index (χ1n) is 5.22. The molecule has 1 N–H and O–H groups in total. The molecule has 0 aliphatic carbocycles. The number of halogens is 1. The molecule has 1 aliphatic rings. The summed E-state index contributed by atoms with van der Waals surface area (Å²) in [5.74, 6) is -0.269. The van der Waals surface area contributed by atoms with E-state index in [1.54, 1.807) is 18.3 Å². The minimum atomic E-state index is -0.977. The number of rotatable bonds is 1. The zero-order valence-electron chi connectivity index (χ0n) is 9.29. The summed E-state index contributed by atoms with van der Waals surface area (Å²) in [6.07, 6.45) is 5.47. The van der Waals surface area contributed by atoms with E-state index in [0.717, 1.165) is 10.9 Å². The summed E-state index contributed by atoms with van der Waals surface area (Å²) in [6, 6.07) is 5.07. The van der Waals surface area contributed by atoms with Crippen molar-refractivity contribution in [2.24, 2.45) is 0 Å². The van der Waals surface area contributed by atoms with Crippen LogP contribution in [-0.4, -0.2) is 22.7 Å². The lowest BCUT2D eigenvalue weighted by molar-refractivity contribution is 0.0699. The minimum absolute atomic E-state index is 0. The maximum atomic E-state index is 11.1. The number of carbonyl (C=O) groups is 1. The fraction of sp³-hybridized carbons (Fsp3) is 0.0769. The molecule has 1 aromatic carbocycles. The highest BCUT2D eigenvalue weighted by Crippen LogP contribution is 2.32. The average molecular weight is 264 g/mol. The maximum absolute atomic E-state index is 11.1. The Kier molecular flexibility index (Phi) is 3.21. The molecule has 1 aromatic heterocycles. The van der Waals surface area contributed by atoms with Crippen molar-refractivity contribution in [3.63, 3.8) is 0 Å². The van der Waals surface area contributed by atoms with Gasteiger partial charge in [-0.2, -0.15) is 0 Å². The summed E-state index contributed by atoms with van der Waals surface area (Å²) in [5.41, 5.74) is 1.55. The topological polar surface area (TPSA) is 59.4 Å². The van der Waals surface area contributed by atoms with Crippen LogP contribution in [0.5, 0.6) is 5.75 Å². The molecule has 0 amide bonds. The Morgan fingerprint density at radius 1 is 1.39 bits per heavy atom. The van der Waals surface area contributed by atoms with Crippen molar-refractivity contribution in [1.29, 1.82) is 0 Å². The van der Waals surface area contributed by atoms with Gasteiger partial charge in [-0.05, 0) is 18.2 Å². The summed E-state index contributed by atoms with van der Waals surface area (Å²) in [6.45, 7) is 0.503. The van der Waals surface area contributed by atoms with Gasteiger partial charge in [-0.1, -0.05) is 12.1 Å². The number of nitrogens with zero attached hydrogens (tertiary/aromatic N) is 1. The molecule has 2 aromatic rings. The molecule has 18 heavy (non-hydrogen) atoms. The molecule has 0 atom stereocenters. The van der Waals surface area contributed by atoms with Crippen LogP contribution >= 0.6 is 12.4 Å². The van der Waals surface area contributed by atoms with E-state index in [-0.39, 0.29) is 18.0 Å². The normalized spacial score (nSPS) is 12.4. The van der Waals surface area contributed by atoms with E-state index in [9.17, 15) is 4.79 Å². The van der Waals surface area contributed by atoms with E-state index in [2.05, 4.69) is 4.98 Å². The molecular weight excluding hydrogens is 254 g/mol. The molecule has 5 heteroatoms. The summed E-state index contributed by atoms with van der Waals surface area (Å²) >= 11 is 0. The number of carboxylic acid groups (broad SMARTS) is 1. The van der Waals surface area contributed by atoms with Crippen LogP contribution in [-0.2, 0) is 0 Å². The summed E-state index contributed by atoms with van der Waals surface area (Å²) in [5, 5.41) is 9.83. The van der Waals surface area contributed by atoms with Crippen molar-refractivity contribution in [2.45, 2.75) is 0 Å². The summed E-state index contributed by atoms with van der Waals surface area (Å²) in [4.78, 5) is 15.3. The fourth-order valence-corrected chi connectivity index (χ4v) is 1.97. The summed E-state index contributed by atoms with van der Waals surface area (Å²) < 4.78 is 5.55. The Morgan fingerprint density at radius 3 is 3.00 bits per heavy atom. The number of para-hydroxylation sites is 1. The fourth-order valence-electron chi connectivity index (χ4n) is 1.97. The predicted octanol–water partition coefficient (Wildman–Crippen LogP) is 2.76. The monoisotopic (exact) mass is 263 g/mol. The summed E-state index contributed by atoms with van der Waals surface area (Å²) in [7, 11) is 0. The van der Waals surface area contributed by atoms with E-state index in [1.165, 1.54) is 0 Å². The average Bonchev–Trinajstić information content (AvgIpc) is 2.37. The molecule has 4 nitrogen and oxygen atoms in total. The number of benzene rings is 1. The van der Waals surface area contributed by atoms with Crippen molar-refractivity contribution in [2.75, 3.05) is 6.61 Å². The Balaban J connectivity index is 0.00000120. The molecule has 2 heterocycles. The van der Waals surface area contributed by atoms with Crippen LogP contribution in [0.2, 0.25) is 0 Å². The van der Waals surface area contributed by atoms with Gasteiger partial charge < -0.3 is 9.84 Å². The standard InChI is InChI=1S/C13H9NO3.ClH/c15-13(16)10-5-1-4-9-11(10)14-7-8-3-2-6-17-12(8)9;/h1-5,7H,6H2,(H,15,16);1H. The second kappa shape index (κ2) is 4.66. The van der Waals surface area contributed by atoms with E-state index < -0.39 is 5.97 Å². The molecule has 0 fully saturated rings. The molecule has 0 spiro atoms. The van der Waals surface area contributed by atoms with Crippen LogP contribution in [0.3, 0.4) is 0 Å². The lowest BCUT2D eigenvalue weighted by atomic mass is 10.1. The largest absolute Gasteiger partial charge is 0.488 e. The van der Waals surface area contributed by atoms with Crippen molar-refractivity contribution < 1.29 is 14.6 Å². The number of pyridine rings is 1. The van der Waals surface area contributed by atoms with Crippen LogP contribution < -0.4 is 4.74 Å². The van der Waals surface area contributed by atoms with Gasteiger partial charge >= 0.3 is 5.97 Å². The van der Waals surface area contributed by atoms with Crippen LogP contribution in [0, 0.1) is 0 Å². The third kappa shape index (κ3) is 1.80. The van der Waals surface area contributed by atoms with Gasteiger partial charge in [-0.3, -0.25) is 4.98 Å². The third-order valence-corrected chi connectivity index (χ3v) is 2.73. The van der Waals surface area contributed by atoms with Gasteiger partial charge in [0.2, 0.25) is 0 Å². The lowest BCUT2D eigenvalue weighted by Gasteiger charge is -2.14. The van der Waals surface area contributed by atoms with E-state index in [1.807, 2.05) is 18.2 Å². The molecule has 0 bridgehead atoms. The zero-order chi connectivity index (χ0) is 11.8. The number of hydrogen-bond donors (Lipinski definition) is 1. The highest BCUT2D eigenvalue weighted by Gasteiger charge is 2.15. The molecular formula is C13H10ClNO3. The van der Waals surface area contributed by atoms with E-state index in [4.69, 9.17) is 9.84 Å². The van der Waals surface area contributed by atoms with E-state index in [0.29, 0.717) is 17.9 Å². The van der Waals surface area contributed by atoms with Crippen LogP contribution in [0.25, 0.3) is 17.0 Å². The van der Waals surface area contributed by atoms with Crippen molar-refractivity contribution in [3.05, 3.63) is 41.6 Å². The number of aromatic carboxylic acids is 1. The SMILES string of the molecule is Cl.O=C(O)c1cccc2c3c(cnc12)C=CCO3. The Labute approximate surface area is 109 Å². The highest BCUT2D eigenvalue weighted by atomic mass is 35.5. The van der Waals surface area contributed by atoms with Gasteiger partial charge in [0.25, 0.3) is 0 Å². The van der Waals surface area contributed by atoms with Gasteiger partial charge in [0.1, 0.15) is 12.4 Å². The van der Waals surface area contributed by atoms with Gasteiger partial charge in [0.15, 0.2) is 0 Å². The smallest absolute Gasteiger partial charge is 0.337 e. The molecule has 0 saturated carbocycles. The van der Waals surface area contributed by atoms with E-state index >= 15 is 0 Å². The number of ether oxygens (including phenoxy) is 1. The number of fused-ring (bicyclic) bond motifs is 3. The zero-order valence-corrected chi connectivity index (χ0v) is 10.1. The van der Waals surface area contributed by atoms with Crippen molar-refractivity contribution >= 4 is 35.4 Å². The van der Waals surface area contributed by atoms with Crippen LogP contribution in [0.4, 0.5) is 0 Å². The van der Waals surface area contributed by atoms with Gasteiger partial charge in [-0.25, -0.2) is 4.79 Å². The number of carboxylic acids is 1. The molecule has 0 radical (unpaired) electrons. The second-order valence-electron chi connectivity index (χ2n) is 3.76. The molecule has 0 saturated heterocycles. The molecule has 92 valence electrons. The molecule has 1 aliphatic heterocycles. The van der Waals surface area contributed by atoms with Crippen molar-refractivity contribution in [1.82, 2.24) is 4.98 Å². The van der Waals surface area contributed by atoms with Gasteiger partial charge in [0, 0.05) is 17.1 Å². The number of hydrogen-bond acceptors (Lipinski definition) is 3. The van der Waals surface area contributed by atoms with Crippen molar-refractivity contribution in [3.8, 4) is 5.75 Å². The minimum Gasteiger partial charge on any atom is -0.488 e. The van der Waals surface area contributed by atoms with Crippen LogP contribution in [0.15, 0.2) is 30.5 Å². The predicted molar refractivity (Wildman–Crippen MR) is 70.5 cm³/mol. The Morgan fingerprint density at radius 2 is 2.22 bits per heavy atom. The molecule has 0 unspecified atom stereocenters. The Hall–Kier alpha value is -2.07.